The van der Waals surface area contributed by atoms with Crippen LogP contribution in [0.4, 0.5) is 26.5 Å². The fraction of sp³-hybridized carbons (Fsp3) is 0.536. The summed E-state index contributed by atoms with van der Waals surface area (Å²) in [7, 11) is 1.54. The van der Waals surface area contributed by atoms with Gasteiger partial charge in [-0.05, 0) is 58.6 Å². The molecule has 5 rings (SSSR count). The summed E-state index contributed by atoms with van der Waals surface area (Å²) >= 11 is 0. The zero-order valence-electron chi connectivity index (χ0n) is 23.9. The van der Waals surface area contributed by atoms with Gasteiger partial charge in [-0.25, -0.2) is 14.2 Å². The first-order valence-corrected chi connectivity index (χ1v) is 14.0. The van der Waals surface area contributed by atoms with Crippen LogP contribution in [-0.4, -0.2) is 81.1 Å². The number of amides is 2. The van der Waals surface area contributed by atoms with Crippen LogP contribution in [0, 0.1) is 0 Å². The van der Waals surface area contributed by atoms with E-state index in [-0.39, 0.29) is 47.3 Å². The van der Waals surface area contributed by atoms with Gasteiger partial charge in [0.1, 0.15) is 35.2 Å². The number of aromatic nitrogens is 4. The van der Waals surface area contributed by atoms with Crippen molar-refractivity contribution in [2.75, 3.05) is 43.6 Å². The van der Waals surface area contributed by atoms with Gasteiger partial charge in [0.25, 0.3) is 11.5 Å². The lowest BCUT2D eigenvalue weighted by atomic mass is 10.0. The molecule has 1 saturated carbocycles. The molecule has 1 aliphatic heterocycles. The number of rotatable bonds is 8. The van der Waals surface area contributed by atoms with E-state index in [1.54, 1.807) is 56.8 Å². The van der Waals surface area contributed by atoms with Crippen molar-refractivity contribution in [2.45, 2.75) is 64.1 Å². The zero-order chi connectivity index (χ0) is 29.3. The van der Waals surface area contributed by atoms with Gasteiger partial charge in [0.05, 0.1) is 6.20 Å². The maximum absolute atomic E-state index is 13.5. The molecule has 41 heavy (non-hydrogen) atoms. The number of nitrogens with zero attached hydrogens (tertiary/aromatic N) is 6. The fourth-order valence-electron chi connectivity index (χ4n) is 4.90. The lowest BCUT2D eigenvalue weighted by molar-refractivity contribution is 0.0587. The van der Waals surface area contributed by atoms with Gasteiger partial charge >= 0.3 is 6.09 Å². The number of ether oxygens (including phenoxy) is 1. The van der Waals surface area contributed by atoms with Gasteiger partial charge < -0.3 is 24.8 Å². The standard InChI is InChI=1S/C28H37FN8O4/c1-28(2,3)41-27(40)34(4)23-16-22(33-24-20(17-30-37(23)24)25(38)31-18-7-8-18)32-21-6-5-12-36(26(21)39)19-9-13-35(14-10-19)15-11-29/h5-6,12,16-19H,7-11,13-15H2,1-4H3,(H,31,38)(H,32,33). The topological polar surface area (TPSA) is 126 Å². The largest absolute Gasteiger partial charge is 0.443 e. The number of anilines is 3. The minimum atomic E-state index is -0.727. The van der Waals surface area contributed by atoms with Crippen LogP contribution in [0.3, 0.4) is 0 Å². The summed E-state index contributed by atoms with van der Waals surface area (Å²) in [6.45, 7) is 6.79. The molecule has 2 aliphatic rings. The van der Waals surface area contributed by atoms with Gasteiger partial charge in [0.15, 0.2) is 5.65 Å². The van der Waals surface area contributed by atoms with E-state index < -0.39 is 11.7 Å². The van der Waals surface area contributed by atoms with E-state index in [4.69, 9.17) is 4.74 Å². The average Bonchev–Trinajstić information content (AvgIpc) is 3.63. The second kappa shape index (κ2) is 11.5. The van der Waals surface area contributed by atoms with Gasteiger partial charge in [-0.15, -0.1) is 0 Å². The van der Waals surface area contributed by atoms with Crippen molar-refractivity contribution in [2.24, 2.45) is 0 Å². The predicted molar refractivity (Wildman–Crippen MR) is 153 cm³/mol. The van der Waals surface area contributed by atoms with Crippen molar-refractivity contribution < 1.29 is 18.7 Å². The molecular formula is C28H37FN8O4. The molecule has 2 N–H and O–H groups in total. The Kier molecular flexibility index (Phi) is 7.98. The second-order valence-corrected chi connectivity index (χ2v) is 11.6. The Balaban J connectivity index is 1.48. The smallest absolute Gasteiger partial charge is 0.415 e. The van der Waals surface area contributed by atoms with Crippen LogP contribution in [0.25, 0.3) is 5.65 Å². The SMILES string of the molecule is CN(C(=O)OC(C)(C)C)c1cc(Nc2cccn(C3CCN(CCF)CC3)c2=O)nc2c(C(=O)NC3CC3)cnn12. The number of carbonyl (C=O) groups excluding carboxylic acids is 2. The van der Waals surface area contributed by atoms with Crippen molar-refractivity contribution in [1.82, 2.24) is 29.4 Å². The number of hydrogen-bond donors (Lipinski definition) is 2. The van der Waals surface area contributed by atoms with E-state index in [1.807, 2.05) is 0 Å². The number of likely N-dealkylation sites (tertiary alicyclic amines) is 1. The summed E-state index contributed by atoms with van der Waals surface area (Å²) in [6, 6.07) is 5.17. The Morgan fingerprint density at radius 1 is 1.20 bits per heavy atom. The van der Waals surface area contributed by atoms with Gasteiger partial charge in [0.2, 0.25) is 0 Å². The van der Waals surface area contributed by atoms with Crippen LogP contribution in [-0.2, 0) is 4.74 Å². The maximum atomic E-state index is 13.5. The first-order chi connectivity index (χ1) is 19.5. The zero-order valence-corrected chi connectivity index (χ0v) is 23.9. The van der Waals surface area contributed by atoms with E-state index in [2.05, 4.69) is 25.6 Å². The molecule has 3 aromatic heterocycles. The molecule has 2 fully saturated rings. The molecule has 0 unspecified atom stereocenters. The summed E-state index contributed by atoms with van der Waals surface area (Å²) in [5.41, 5.74) is -0.167. The normalized spacial score (nSPS) is 16.5. The number of hydrogen-bond acceptors (Lipinski definition) is 8. The monoisotopic (exact) mass is 568 g/mol. The third kappa shape index (κ3) is 6.50. The Labute approximate surface area is 237 Å². The number of halogens is 1. The van der Waals surface area contributed by atoms with Gasteiger partial charge in [-0.2, -0.15) is 9.61 Å². The Morgan fingerprint density at radius 2 is 1.93 bits per heavy atom. The van der Waals surface area contributed by atoms with Crippen molar-refractivity contribution in [3.05, 3.63) is 46.5 Å². The quantitative estimate of drug-likeness (QED) is 0.423. The predicted octanol–water partition coefficient (Wildman–Crippen LogP) is 3.50. The lowest BCUT2D eigenvalue weighted by Gasteiger charge is -2.32. The highest BCUT2D eigenvalue weighted by atomic mass is 19.1. The molecule has 0 bridgehead atoms. The number of fused-ring (bicyclic) bond motifs is 1. The Hall–Kier alpha value is -4.00. The summed E-state index contributed by atoms with van der Waals surface area (Å²) in [5, 5.41) is 10.4. The van der Waals surface area contributed by atoms with Gasteiger partial charge in [-0.1, -0.05) is 0 Å². The molecule has 13 heteroatoms. The van der Waals surface area contributed by atoms with Crippen molar-refractivity contribution in [1.29, 1.82) is 0 Å². The van der Waals surface area contributed by atoms with E-state index >= 15 is 0 Å². The van der Waals surface area contributed by atoms with Crippen LogP contribution in [0.15, 0.2) is 35.4 Å². The number of alkyl halides is 1. The molecule has 220 valence electrons. The minimum absolute atomic E-state index is 0.00281. The first kappa shape index (κ1) is 28.5. The maximum Gasteiger partial charge on any atom is 0.415 e. The summed E-state index contributed by atoms with van der Waals surface area (Å²) in [5.74, 6) is 0.254. The van der Waals surface area contributed by atoms with Crippen LogP contribution in [0.5, 0.6) is 0 Å². The summed E-state index contributed by atoms with van der Waals surface area (Å²) < 4.78 is 21.4. The second-order valence-electron chi connectivity index (χ2n) is 11.6. The van der Waals surface area contributed by atoms with Gasteiger partial charge in [-0.3, -0.25) is 14.5 Å². The third-order valence-corrected chi connectivity index (χ3v) is 7.21. The van der Waals surface area contributed by atoms with Crippen LogP contribution >= 0.6 is 0 Å². The summed E-state index contributed by atoms with van der Waals surface area (Å²) in [6.07, 6.45) is 5.90. The fourth-order valence-corrected chi connectivity index (χ4v) is 4.90. The van der Waals surface area contributed by atoms with Crippen molar-refractivity contribution >= 4 is 35.0 Å². The minimum Gasteiger partial charge on any atom is -0.443 e. The molecule has 0 atom stereocenters. The van der Waals surface area contributed by atoms with Crippen LogP contribution in [0.1, 0.15) is 62.9 Å². The molecule has 2 amide bonds. The molecule has 1 saturated heterocycles. The molecule has 4 heterocycles. The average molecular weight is 569 g/mol. The molecule has 1 aliphatic carbocycles. The van der Waals surface area contributed by atoms with Crippen LogP contribution < -0.4 is 21.1 Å². The highest BCUT2D eigenvalue weighted by molar-refractivity contribution is 6.00. The van der Waals surface area contributed by atoms with E-state index in [1.165, 1.54) is 15.6 Å². The molecular weight excluding hydrogens is 531 g/mol. The van der Waals surface area contributed by atoms with Crippen molar-refractivity contribution in [3.63, 3.8) is 0 Å². The number of pyridine rings is 1. The molecule has 0 aromatic carbocycles. The number of nitrogens with one attached hydrogen (secondary N) is 2. The molecule has 3 aromatic rings. The van der Waals surface area contributed by atoms with E-state index in [0.29, 0.717) is 18.1 Å². The lowest BCUT2D eigenvalue weighted by Crippen LogP contribution is -2.38. The molecule has 12 nitrogen and oxygen atoms in total. The van der Waals surface area contributed by atoms with Gasteiger partial charge in [0, 0.05) is 51.0 Å². The highest BCUT2D eigenvalue weighted by Crippen LogP contribution is 2.27. The summed E-state index contributed by atoms with van der Waals surface area (Å²) in [4.78, 5) is 47.4. The van der Waals surface area contributed by atoms with Crippen LogP contribution in [0.2, 0.25) is 0 Å². The number of carbonyl (C=O) groups is 2. The Morgan fingerprint density at radius 3 is 2.59 bits per heavy atom. The highest BCUT2D eigenvalue weighted by Gasteiger charge is 2.28. The van der Waals surface area contributed by atoms with E-state index in [9.17, 15) is 18.8 Å². The van der Waals surface area contributed by atoms with Crippen molar-refractivity contribution in [3.8, 4) is 0 Å². The van der Waals surface area contributed by atoms with E-state index in [0.717, 1.165) is 38.8 Å². The third-order valence-electron chi connectivity index (χ3n) is 7.21. The Bertz CT molecular complexity index is 1480. The number of piperidine rings is 1. The molecule has 0 spiro atoms. The first-order valence-electron chi connectivity index (χ1n) is 14.0. The molecule has 0 radical (unpaired) electrons.